The molecule has 5 rings (SSSR count). The first-order valence-corrected chi connectivity index (χ1v) is 19.4. The van der Waals surface area contributed by atoms with Gasteiger partial charge in [0.05, 0.1) is 53.1 Å². The molecule has 9 nitrogen and oxygen atoms in total. The Morgan fingerprint density at radius 1 is 0.830 bits per heavy atom. The summed E-state index contributed by atoms with van der Waals surface area (Å²) in [5, 5.41) is 9.34. The molecule has 0 aliphatic carbocycles. The molecule has 1 aliphatic heterocycles. The van der Waals surface area contributed by atoms with Crippen molar-refractivity contribution in [3.63, 3.8) is 0 Å². The van der Waals surface area contributed by atoms with Crippen LogP contribution in [-0.4, -0.2) is 69.1 Å². The van der Waals surface area contributed by atoms with Crippen molar-refractivity contribution in [2.24, 2.45) is 0 Å². The second-order valence-corrected chi connectivity index (χ2v) is 15.0. The highest BCUT2D eigenvalue weighted by Gasteiger charge is 2.46. The Bertz CT molecular complexity index is 1680. The molecule has 1 saturated heterocycles. The van der Waals surface area contributed by atoms with E-state index in [1.807, 2.05) is 72.8 Å². The minimum Gasteiger partial charge on any atom is -0.497 e. The van der Waals surface area contributed by atoms with E-state index in [9.17, 15) is 5.26 Å². The van der Waals surface area contributed by atoms with Gasteiger partial charge in [0.15, 0.2) is 0 Å². The van der Waals surface area contributed by atoms with E-state index in [4.69, 9.17) is 32.7 Å². The minimum atomic E-state index is -1.59. The van der Waals surface area contributed by atoms with Crippen LogP contribution in [0.15, 0.2) is 103 Å². The first-order chi connectivity index (χ1) is 25.7. The van der Waals surface area contributed by atoms with E-state index in [1.165, 1.54) is 5.56 Å². The summed E-state index contributed by atoms with van der Waals surface area (Å²) in [6.45, 7) is 11.7. The summed E-state index contributed by atoms with van der Waals surface area (Å²) < 4.78 is 47.1. The Hall–Kier alpha value is -3.84. The number of hydrogen-bond acceptors (Lipinski definition) is 9. The van der Waals surface area contributed by atoms with Crippen molar-refractivity contribution in [2.45, 2.75) is 83.6 Å². The molecule has 0 N–H and O–H groups in total. The fraction of sp³-hybridized carbons (Fsp3) is 0.419. The maximum Gasteiger partial charge on any atom is 0.259 e. The van der Waals surface area contributed by atoms with Gasteiger partial charge in [-0.2, -0.15) is 5.26 Å². The van der Waals surface area contributed by atoms with Crippen LogP contribution in [0.1, 0.15) is 61.9 Å². The van der Waals surface area contributed by atoms with Gasteiger partial charge in [-0.15, -0.1) is 0 Å². The Morgan fingerprint density at radius 3 is 1.98 bits per heavy atom. The lowest BCUT2D eigenvalue weighted by Gasteiger charge is -2.39. The van der Waals surface area contributed by atoms with Crippen molar-refractivity contribution in [3.05, 3.63) is 131 Å². The van der Waals surface area contributed by atoms with Crippen LogP contribution in [0.2, 0.25) is 0 Å². The number of ether oxygens (including phenoxy) is 5. The molecule has 0 amide bonds. The van der Waals surface area contributed by atoms with E-state index in [1.54, 1.807) is 14.2 Å². The van der Waals surface area contributed by atoms with E-state index in [0.29, 0.717) is 13.2 Å². The van der Waals surface area contributed by atoms with Crippen molar-refractivity contribution in [1.29, 1.82) is 5.26 Å². The third-order valence-electron chi connectivity index (χ3n) is 9.27. The van der Waals surface area contributed by atoms with Crippen LogP contribution in [0.3, 0.4) is 0 Å². The molecule has 10 heteroatoms. The number of benzene rings is 4. The van der Waals surface area contributed by atoms with Gasteiger partial charge in [-0.25, -0.2) is 4.67 Å². The average molecular weight is 741 g/mol. The summed E-state index contributed by atoms with van der Waals surface area (Å²) in [5.41, 5.74) is 4.00. The van der Waals surface area contributed by atoms with Gasteiger partial charge in [0, 0.05) is 12.1 Å². The highest BCUT2D eigenvalue weighted by molar-refractivity contribution is 7.44. The molecule has 4 atom stereocenters. The van der Waals surface area contributed by atoms with Crippen molar-refractivity contribution >= 4 is 8.53 Å². The first kappa shape index (κ1) is 40.3. The van der Waals surface area contributed by atoms with Gasteiger partial charge < -0.3 is 32.7 Å². The SMILES string of the molecule is COc1ccc(C(OC[C@H]2OC[C@H](OCc3cccc(C)c3)[C@@H]2OP(OCCC#N)N(C(C)C)C(C)C)(c2ccccc2)c2ccc(OC)cc2)cc1. The standard InChI is InChI=1S/C43H53N2O7P/c1-31(2)45(32(3)4)53(51-26-12-25-44)52-42-40(48-28-34-14-11-13-33(5)27-34)29-49-41(42)30-50-43(35-15-9-8-10-16-35,36-17-21-38(46-6)22-18-36)37-19-23-39(47-7)24-20-37/h8-11,13-24,27,31-32,40-42H,12,26,28-30H2,1-7H3/t40-,41+,42-,53?/m0/s1. The van der Waals surface area contributed by atoms with Crippen LogP contribution in [-0.2, 0) is 35.5 Å². The van der Waals surface area contributed by atoms with E-state index >= 15 is 0 Å². The molecule has 0 spiro atoms. The highest BCUT2D eigenvalue weighted by atomic mass is 31.2. The Labute approximate surface area is 316 Å². The second-order valence-electron chi connectivity index (χ2n) is 13.6. The summed E-state index contributed by atoms with van der Waals surface area (Å²) in [5.74, 6) is 1.49. The molecule has 53 heavy (non-hydrogen) atoms. The molecule has 1 unspecified atom stereocenters. The van der Waals surface area contributed by atoms with Crippen LogP contribution in [0.4, 0.5) is 0 Å². The zero-order chi connectivity index (χ0) is 37.8. The maximum absolute atomic E-state index is 9.34. The molecule has 1 aliphatic rings. The largest absolute Gasteiger partial charge is 0.497 e. The number of nitriles is 1. The maximum atomic E-state index is 9.34. The van der Waals surface area contributed by atoms with Crippen LogP contribution in [0.25, 0.3) is 0 Å². The van der Waals surface area contributed by atoms with Crippen molar-refractivity contribution in [1.82, 2.24) is 4.67 Å². The van der Waals surface area contributed by atoms with E-state index in [2.05, 4.69) is 75.7 Å². The summed E-state index contributed by atoms with van der Waals surface area (Å²) in [6.07, 6.45) is -1.18. The van der Waals surface area contributed by atoms with Gasteiger partial charge in [0.2, 0.25) is 0 Å². The lowest BCUT2D eigenvalue weighted by Crippen LogP contribution is -2.42. The molecule has 0 radical (unpaired) electrons. The number of aryl methyl sites for hydroxylation is 1. The predicted octanol–water partition coefficient (Wildman–Crippen LogP) is 8.97. The fourth-order valence-corrected chi connectivity index (χ4v) is 8.54. The Kier molecular flexibility index (Phi) is 14.8. The van der Waals surface area contributed by atoms with Crippen LogP contribution in [0, 0.1) is 18.3 Å². The van der Waals surface area contributed by atoms with E-state index in [0.717, 1.165) is 33.8 Å². The molecular weight excluding hydrogens is 687 g/mol. The van der Waals surface area contributed by atoms with Gasteiger partial charge in [-0.05, 0) is 81.1 Å². The number of methoxy groups -OCH3 is 2. The summed E-state index contributed by atoms with van der Waals surface area (Å²) in [7, 11) is 1.73. The molecule has 1 fully saturated rings. The smallest absolute Gasteiger partial charge is 0.259 e. The van der Waals surface area contributed by atoms with Crippen molar-refractivity contribution < 1.29 is 32.7 Å². The van der Waals surface area contributed by atoms with Crippen LogP contribution >= 0.6 is 8.53 Å². The lowest BCUT2D eigenvalue weighted by atomic mass is 9.80. The minimum absolute atomic E-state index is 0.128. The summed E-state index contributed by atoms with van der Waals surface area (Å²) >= 11 is 0. The third-order valence-corrected chi connectivity index (χ3v) is 11.4. The van der Waals surface area contributed by atoms with Gasteiger partial charge >= 0.3 is 0 Å². The molecular formula is C43H53N2O7P. The molecule has 4 aromatic rings. The molecule has 282 valence electrons. The molecule has 0 aromatic heterocycles. The van der Waals surface area contributed by atoms with E-state index in [-0.39, 0.29) is 31.7 Å². The van der Waals surface area contributed by atoms with Gasteiger partial charge in [-0.1, -0.05) is 84.4 Å². The zero-order valence-corrected chi connectivity index (χ0v) is 32.8. The number of hydrogen-bond donors (Lipinski definition) is 0. The molecule has 4 aromatic carbocycles. The third kappa shape index (κ3) is 10.0. The lowest BCUT2D eigenvalue weighted by molar-refractivity contribution is -0.0726. The van der Waals surface area contributed by atoms with E-state index < -0.39 is 32.4 Å². The quantitative estimate of drug-likeness (QED) is 0.0531. The first-order valence-electron chi connectivity index (χ1n) is 18.2. The summed E-state index contributed by atoms with van der Waals surface area (Å²) in [4.78, 5) is 0. The predicted molar refractivity (Wildman–Crippen MR) is 208 cm³/mol. The van der Waals surface area contributed by atoms with Crippen molar-refractivity contribution in [3.8, 4) is 17.6 Å². The van der Waals surface area contributed by atoms with Gasteiger partial charge in [0.25, 0.3) is 8.53 Å². The number of nitrogens with zero attached hydrogens (tertiary/aromatic N) is 2. The van der Waals surface area contributed by atoms with Crippen LogP contribution < -0.4 is 9.47 Å². The second kappa shape index (κ2) is 19.5. The molecule has 0 saturated carbocycles. The van der Waals surface area contributed by atoms with Crippen molar-refractivity contribution in [2.75, 3.05) is 34.0 Å². The zero-order valence-electron chi connectivity index (χ0n) is 31.9. The normalized spacial score (nSPS) is 18.0. The number of rotatable bonds is 19. The molecule has 0 bridgehead atoms. The summed E-state index contributed by atoms with van der Waals surface area (Å²) in [6, 6.07) is 36.9. The monoisotopic (exact) mass is 740 g/mol. The Morgan fingerprint density at radius 2 is 1.43 bits per heavy atom. The Balaban J connectivity index is 1.54. The average Bonchev–Trinajstić information content (AvgIpc) is 3.55. The van der Waals surface area contributed by atoms with Gasteiger partial charge in [0.1, 0.15) is 35.4 Å². The van der Waals surface area contributed by atoms with Gasteiger partial charge in [-0.3, -0.25) is 0 Å². The van der Waals surface area contributed by atoms with Crippen LogP contribution in [0.5, 0.6) is 11.5 Å². The molecule has 1 heterocycles. The fourth-order valence-electron chi connectivity index (χ4n) is 6.75. The topological polar surface area (TPSA) is 91.6 Å². The highest BCUT2D eigenvalue weighted by Crippen LogP contribution is 2.50.